The molecule has 1 aromatic heterocycles. The zero-order valence-corrected chi connectivity index (χ0v) is 21.1. The van der Waals surface area contributed by atoms with Crippen molar-refractivity contribution in [1.29, 1.82) is 0 Å². The smallest absolute Gasteiger partial charge is 0.334 e. The van der Waals surface area contributed by atoms with Crippen LogP contribution in [0.25, 0.3) is 0 Å². The molecule has 0 spiro atoms. The molecule has 35 heavy (non-hydrogen) atoms. The monoisotopic (exact) mass is 485 g/mol. The predicted molar refractivity (Wildman–Crippen MR) is 130 cm³/mol. The molecule has 0 aromatic carbocycles. The molecular weight excluding hydrogens is 446 g/mol. The van der Waals surface area contributed by atoms with Crippen LogP contribution in [0, 0.1) is 11.8 Å². The van der Waals surface area contributed by atoms with Gasteiger partial charge in [-0.3, -0.25) is 9.48 Å². The summed E-state index contributed by atoms with van der Waals surface area (Å²) in [4.78, 5) is 25.1. The summed E-state index contributed by atoms with van der Waals surface area (Å²) in [5, 5.41) is 17.2. The minimum atomic E-state index is -0.676. The highest BCUT2D eigenvalue weighted by atomic mass is 16.6. The van der Waals surface area contributed by atoms with E-state index in [4.69, 9.17) is 14.6 Å². The molecule has 192 valence electrons. The van der Waals surface area contributed by atoms with E-state index in [0.717, 1.165) is 63.6 Å². The summed E-state index contributed by atoms with van der Waals surface area (Å²) in [5.41, 5.74) is 3.39. The first kappa shape index (κ1) is 25.6. The highest BCUT2D eigenvalue weighted by Gasteiger charge is 2.56. The maximum atomic E-state index is 12.9. The molecule has 1 saturated heterocycles. The molecule has 4 atom stereocenters. The molecule has 0 radical (unpaired) electrons. The number of unbranched alkanes of at least 4 members (excludes halogenated alkanes) is 3. The van der Waals surface area contributed by atoms with E-state index in [-0.39, 0.29) is 36.5 Å². The van der Waals surface area contributed by atoms with Crippen molar-refractivity contribution in [1.82, 2.24) is 15.0 Å². The van der Waals surface area contributed by atoms with Gasteiger partial charge < -0.3 is 14.6 Å². The molecular formula is C27H39N3O5. The van der Waals surface area contributed by atoms with E-state index in [2.05, 4.69) is 23.8 Å². The second-order valence-corrected chi connectivity index (χ2v) is 10.6. The van der Waals surface area contributed by atoms with Crippen molar-refractivity contribution in [2.24, 2.45) is 11.8 Å². The van der Waals surface area contributed by atoms with Crippen LogP contribution in [0.3, 0.4) is 0 Å². The lowest BCUT2D eigenvalue weighted by molar-refractivity contribution is -0.167. The van der Waals surface area contributed by atoms with Crippen LogP contribution in [0.1, 0.15) is 83.7 Å². The maximum absolute atomic E-state index is 12.9. The van der Waals surface area contributed by atoms with Gasteiger partial charge in [-0.05, 0) is 65.2 Å². The fourth-order valence-corrected chi connectivity index (χ4v) is 6.03. The van der Waals surface area contributed by atoms with Gasteiger partial charge in [-0.2, -0.15) is 0 Å². The average molecular weight is 486 g/mol. The Morgan fingerprint density at radius 1 is 1.29 bits per heavy atom. The Morgan fingerprint density at radius 2 is 2.09 bits per heavy atom. The number of aromatic nitrogens is 3. The van der Waals surface area contributed by atoms with Crippen molar-refractivity contribution in [2.75, 3.05) is 6.61 Å². The molecule has 1 aliphatic heterocycles. The summed E-state index contributed by atoms with van der Waals surface area (Å²) in [6, 6.07) is 0. The van der Waals surface area contributed by atoms with Crippen molar-refractivity contribution < 1.29 is 24.2 Å². The first-order chi connectivity index (χ1) is 16.8. The summed E-state index contributed by atoms with van der Waals surface area (Å²) in [7, 11) is 0. The van der Waals surface area contributed by atoms with Gasteiger partial charge in [0.2, 0.25) is 0 Å². The highest BCUT2D eigenvalue weighted by Crippen LogP contribution is 2.53. The van der Waals surface area contributed by atoms with Gasteiger partial charge in [0.25, 0.3) is 0 Å². The minimum absolute atomic E-state index is 0.00614. The average Bonchev–Trinajstić information content (AvgIpc) is 3.45. The molecule has 8 heteroatoms. The van der Waals surface area contributed by atoms with Gasteiger partial charge in [0.15, 0.2) is 0 Å². The van der Waals surface area contributed by atoms with E-state index in [1.54, 1.807) is 0 Å². The van der Waals surface area contributed by atoms with E-state index in [0.29, 0.717) is 24.8 Å². The number of aryl methyl sites for hydroxylation is 2. The molecule has 3 aliphatic rings. The first-order valence-corrected chi connectivity index (χ1v) is 13.1. The van der Waals surface area contributed by atoms with Crippen LogP contribution >= 0.6 is 0 Å². The summed E-state index contributed by atoms with van der Waals surface area (Å²) < 4.78 is 13.8. The third-order valence-electron chi connectivity index (χ3n) is 8.02. The summed E-state index contributed by atoms with van der Waals surface area (Å²) in [6.07, 6.45) is 10.6. The van der Waals surface area contributed by atoms with Crippen LogP contribution in [0.2, 0.25) is 0 Å². The van der Waals surface area contributed by atoms with Gasteiger partial charge in [-0.15, -0.1) is 5.10 Å². The van der Waals surface area contributed by atoms with E-state index < -0.39 is 5.60 Å². The Bertz CT molecular complexity index is 983. The fraction of sp³-hybridized carbons (Fsp3) is 0.704. The Morgan fingerprint density at radius 3 is 2.89 bits per heavy atom. The third kappa shape index (κ3) is 5.68. The van der Waals surface area contributed by atoms with Gasteiger partial charge >= 0.3 is 11.9 Å². The number of aliphatic hydroxyl groups is 1. The number of fused-ring (bicyclic) bond motifs is 3. The van der Waals surface area contributed by atoms with Crippen LogP contribution < -0.4 is 0 Å². The minimum Gasteiger partial charge on any atom is -0.459 e. The highest BCUT2D eigenvalue weighted by molar-refractivity contribution is 5.91. The number of ether oxygens (including phenoxy) is 2. The van der Waals surface area contributed by atoms with Gasteiger partial charge in [-0.25, -0.2) is 4.79 Å². The van der Waals surface area contributed by atoms with Gasteiger partial charge in [-0.1, -0.05) is 35.8 Å². The number of allylic oxidation sites excluding steroid dienone is 1. The van der Waals surface area contributed by atoms with Crippen LogP contribution in [0.5, 0.6) is 0 Å². The van der Waals surface area contributed by atoms with E-state index >= 15 is 0 Å². The second-order valence-electron chi connectivity index (χ2n) is 10.6. The zero-order chi connectivity index (χ0) is 25.0. The number of aliphatic hydroxyl groups excluding tert-OH is 1. The Hall–Kier alpha value is -2.48. The SMILES string of the molecule is C=C1C(=O)O[C@@H]2C3C(=C(C)CC[C@@H]12)CC[C@@]3(C)OC(=O)CCCc1cn(CCCCCCO)nn1. The van der Waals surface area contributed by atoms with E-state index in [1.807, 2.05) is 17.8 Å². The van der Waals surface area contributed by atoms with E-state index in [1.165, 1.54) is 11.1 Å². The van der Waals surface area contributed by atoms with Crippen LogP contribution in [-0.2, 0) is 32.0 Å². The molecule has 1 unspecified atom stereocenters. The maximum Gasteiger partial charge on any atom is 0.334 e. The second kappa shape index (κ2) is 11.1. The van der Waals surface area contributed by atoms with Crippen LogP contribution in [-0.4, -0.2) is 50.4 Å². The predicted octanol–water partition coefficient (Wildman–Crippen LogP) is 4.07. The molecule has 2 heterocycles. The van der Waals surface area contributed by atoms with Gasteiger partial charge in [0.05, 0.1) is 11.6 Å². The molecule has 1 N–H and O–H groups in total. The Balaban J connectivity index is 1.29. The quantitative estimate of drug-likeness (QED) is 0.218. The van der Waals surface area contributed by atoms with Crippen molar-refractivity contribution in [3.63, 3.8) is 0 Å². The number of esters is 2. The summed E-state index contributed by atoms with van der Waals surface area (Å²) in [5.74, 6) is -0.628. The lowest BCUT2D eigenvalue weighted by Gasteiger charge is -2.36. The number of hydrogen-bond donors (Lipinski definition) is 1. The molecule has 0 bridgehead atoms. The molecule has 8 nitrogen and oxygen atoms in total. The van der Waals surface area contributed by atoms with Crippen LogP contribution in [0.4, 0.5) is 0 Å². The van der Waals surface area contributed by atoms with Gasteiger partial charge in [0.1, 0.15) is 11.7 Å². The Labute approximate surface area is 207 Å². The van der Waals surface area contributed by atoms with Gasteiger partial charge in [0, 0.05) is 37.3 Å². The number of hydrogen-bond acceptors (Lipinski definition) is 7. The van der Waals surface area contributed by atoms with Crippen molar-refractivity contribution >= 4 is 11.9 Å². The molecule has 2 aliphatic carbocycles. The summed E-state index contributed by atoms with van der Waals surface area (Å²) in [6.45, 7) is 9.20. The first-order valence-electron chi connectivity index (χ1n) is 13.1. The van der Waals surface area contributed by atoms with Crippen molar-refractivity contribution in [3.8, 4) is 0 Å². The normalized spacial score (nSPS) is 28.0. The largest absolute Gasteiger partial charge is 0.459 e. The summed E-state index contributed by atoms with van der Waals surface area (Å²) >= 11 is 0. The third-order valence-corrected chi connectivity index (χ3v) is 8.02. The van der Waals surface area contributed by atoms with E-state index in [9.17, 15) is 9.59 Å². The molecule has 4 rings (SSSR count). The number of carbonyl (C=O) groups is 2. The van der Waals surface area contributed by atoms with Crippen LogP contribution in [0.15, 0.2) is 29.5 Å². The fourth-order valence-electron chi connectivity index (χ4n) is 6.03. The number of nitrogens with zero attached hydrogens (tertiary/aromatic N) is 3. The lowest BCUT2D eigenvalue weighted by Crippen LogP contribution is -2.44. The molecule has 1 saturated carbocycles. The molecule has 0 amide bonds. The zero-order valence-electron chi connectivity index (χ0n) is 21.1. The number of carbonyl (C=O) groups excluding carboxylic acids is 2. The molecule has 2 fully saturated rings. The van der Waals surface area contributed by atoms with Crippen molar-refractivity contribution in [2.45, 2.75) is 103 Å². The number of rotatable bonds is 11. The molecule has 1 aromatic rings. The van der Waals surface area contributed by atoms with Crippen molar-refractivity contribution in [3.05, 3.63) is 35.2 Å². The topological polar surface area (TPSA) is 104 Å². The standard InChI is InChI=1S/C27H39N3O5/c1-18-11-12-22-19(2)26(33)34-25(22)24-21(18)13-14-27(24,3)35-23(32)10-8-9-20-17-30(29-28-20)15-6-4-5-7-16-31/h17,22,24-25,31H,2,4-16H2,1,3H3/t22-,24?,25-,27+/m0/s1. The Kier molecular flexibility index (Phi) is 8.09. The lowest BCUT2D eigenvalue weighted by atomic mass is 9.79.